The minimum absolute atomic E-state index is 0.0211. The first-order chi connectivity index (χ1) is 9.00. The summed E-state index contributed by atoms with van der Waals surface area (Å²) in [6, 6.07) is 7.70. The molecule has 19 heavy (non-hydrogen) atoms. The molecule has 0 aliphatic carbocycles. The number of rotatable bonds is 4. The summed E-state index contributed by atoms with van der Waals surface area (Å²) in [6.07, 6.45) is 0. The van der Waals surface area contributed by atoms with Crippen molar-refractivity contribution in [2.75, 3.05) is 13.2 Å². The fraction of sp³-hybridized carbons (Fsp3) is 0.429. The Kier molecular flexibility index (Phi) is 4.04. The second-order valence-electron chi connectivity index (χ2n) is 4.93. The van der Waals surface area contributed by atoms with Crippen LogP contribution < -0.4 is 10.5 Å². The molecule has 4 nitrogen and oxygen atoms in total. The summed E-state index contributed by atoms with van der Waals surface area (Å²) in [6.45, 7) is 4.61. The number of benzene rings is 1. The highest BCUT2D eigenvalue weighted by Crippen LogP contribution is 2.34. The van der Waals surface area contributed by atoms with Gasteiger partial charge in [0.1, 0.15) is 18.3 Å². The molecular formula is C14H18N2O2S. The zero-order chi connectivity index (χ0) is 14.0. The maximum absolute atomic E-state index is 12.6. The van der Waals surface area contributed by atoms with Crippen molar-refractivity contribution < 1.29 is 9.53 Å². The number of hydrogen-bond acceptors (Lipinski definition) is 3. The fourth-order valence-electron chi connectivity index (χ4n) is 2.25. The highest BCUT2D eigenvalue weighted by Gasteiger charge is 2.34. The number of amides is 1. The number of ether oxygens (including phenoxy) is 1. The van der Waals surface area contributed by atoms with Gasteiger partial charge in [0.15, 0.2) is 0 Å². The van der Waals surface area contributed by atoms with Crippen molar-refractivity contribution in [2.24, 2.45) is 5.73 Å². The molecule has 1 aromatic carbocycles. The lowest BCUT2D eigenvalue weighted by Gasteiger charge is -2.28. The van der Waals surface area contributed by atoms with E-state index in [9.17, 15) is 4.79 Å². The molecule has 0 bridgehead atoms. The Hall–Kier alpha value is -1.62. The Morgan fingerprint density at radius 2 is 2.21 bits per heavy atom. The van der Waals surface area contributed by atoms with Gasteiger partial charge in [0.25, 0.3) is 0 Å². The van der Waals surface area contributed by atoms with E-state index in [0.29, 0.717) is 18.1 Å². The molecular weight excluding hydrogens is 260 g/mol. The van der Waals surface area contributed by atoms with Gasteiger partial charge in [0.05, 0.1) is 11.5 Å². The second kappa shape index (κ2) is 5.57. The van der Waals surface area contributed by atoms with E-state index in [1.54, 1.807) is 4.90 Å². The summed E-state index contributed by atoms with van der Waals surface area (Å²) in [5, 5.41) is 0. The maximum Gasteiger partial charge on any atom is 0.234 e. The average molecular weight is 278 g/mol. The molecule has 1 atom stereocenters. The number of nitrogens with zero attached hydrogens (tertiary/aromatic N) is 1. The van der Waals surface area contributed by atoms with E-state index >= 15 is 0 Å². The lowest BCUT2D eigenvalue weighted by Crippen LogP contribution is -2.44. The van der Waals surface area contributed by atoms with Crippen LogP contribution in [0.2, 0.25) is 0 Å². The molecule has 0 fully saturated rings. The predicted octanol–water partition coefficient (Wildman–Crippen LogP) is 1.69. The van der Waals surface area contributed by atoms with Crippen LogP contribution in [0.15, 0.2) is 24.3 Å². The van der Waals surface area contributed by atoms with Crippen LogP contribution in [0.25, 0.3) is 0 Å². The minimum Gasteiger partial charge on any atom is -0.492 e. The van der Waals surface area contributed by atoms with E-state index in [2.05, 4.69) is 0 Å². The van der Waals surface area contributed by atoms with E-state index in [1.165, 1.54) is 0 Å². The predicted molar refractivity (Wildman–Crippen MR) is 78.3 cm³/mol. The van der Waals surface area contributed by atoms with Gasteiger partial charge in [-0.3, -0.25) is 4.79 Å². The Morgan fingerprint density at radius 3 is 2.84 bits per heavy atom. The maximum atomic E-state index is 12.6. The molecule has 1 amide bonds. The zero-order valence-corrected chi connectivity index (χ0v) is 11.9. The van der Waals surface area contributed by atoms with Crippen molar-refractivity contribution in [3.63, 3.8) is 0 Å². The first-order valence-corrected chi connectivity index (χ1v) is 6.72. The molecule has 1 aliphatic rings. The van der Waals surface area contributed by atoms with E-state index in [1.807, 2.05) is 38.1 Å². The molecule has 0 saturated heterocycles. The Bertz CT molecular complexity index is 502. The van der Waals surface area contributed by atoms with Gasteiger partial charge in [0, 0.05) is 11.6 Å². The summed E-state index contributed by atoms with van der Waals surface area (Å²) in [4.78, 5) is 14.7. The number of carbonyl (C=O) groups is 1. The van der Waals surface area contributed by atoms with Crippen LogP contribution in [0.1, 0.15) is 25.3 Å². The topological polar surface area (TPSA) is 55.6 Å². The summed E-state index contributed by atoms with van der Waals surface area (Å²) in [5.41, 5.74) is 6.51. The van der Waals surface area contributed by atoms with Crippen molar-refractivity contribution in [1.82, 2.24) is 4.90 Å². The van der Waals surface area contributed by atoms with Crippen molar-refractivity contribution in [3.8, 4) is 5.75 Å². The Labute approximate surface area is 118 Å². The first kappa shape index (κ1) is 13.8. The third-order valence-corrected chi connectivity index (χ3v) is 3.36. The van der Waals surface area contributed by atoms with Crippen LogP contribution in [0.5, 0.6) is 5.75 Å². The second-order valence-corrected chi connectivity index (χ2v) is 5.45. The Balaban J connectivity index is 2.22. The van der Waals surface area contributed by atoms with E-state index in [0.717, 1.165) is 11.3 Å². The molecule has 0 saturated carbocycles. The van der Waals surface area contributed by atoms with Crippen LogP contribution in [-0.4, -0.2) is 35.0 Å². The van der Waals surface area contributed by atoms with Crippen LogP contribution in [0, 0.1) is 0 Å². The molecule has 1 aliphatic heterocycles. The highest BCUT2D eigenvalue weighted by atomic mass is 32.1. The number of nitrogens with two attached hydrogens (primary N) is 1. The fourth-order valence-corrected chi connectivity index (χ4v) is 2.39. The molecule has 2 rings (SSSR count). The van der Waals surface area contributed by atoms with Gasteiger partial charge in [0.2, 0.25) is 5.91 Å². The van der Waals surface area contributed by atoms with Gasteiger partial charge in [-0.2, -0.15) is 0 Å². The molecule has 1 unspecified atom stereocenters. The SMILES string of the molecule is CC(C)N(CC(N)=S)C(=O)C1COc2ccccc21. The third-order valence-electron chi connectivity index (χ3n) is 3.23. The molecule has 2 N–H and O–H groups in total. The van der Waals surface area contributed by atoms with Gasteiger partial charge in [-0.05, 0) is 19.9 Å². The standard InChI is InChI=1S/C14H18N2O2S/c1-9(2)16(7-13(15)19)14(17)11-8-18-12-6-4-3-5-10(11)12/h3-6,9,11H,7-8H2,1-2H3,(H2,15,19). The van der Waals surface area contributed by atoms with Gasteiger partial charge in [-0.1, -0.05) is 30.4 Å². The summed E-state index contributed by atoms with van der Waals surface area (Å²) in [5.74, 6) is 0.556. The zero-order valence-electron chi connectivity index (χ0n) is 11.1. The van der Waals surface area contributed by atoms with Crippen molar-refractivity contribution >= 4 is 23.1 Å². The van der Waals surface area contributed by atoms with Gasteiger partial charge in [-0.15, -0.1) is 0 Å². The molecule has 0 aromatic heterocycles. The number of hydrogen-bond donors (Lipinski definition) is 1. The monoisotopic (exact) mass is 278 g/mol. The van der Waals surface area contributed by atoms with Gasteiger partial charge >= 0.3 is 0 Å². The molecule has 1 heterocycles. The normalized spacial score (nSPS) is 16.9. The largest absolute Gasteiger partial charge is 0.492 e. The van der Waals surface area contributed by atoms with E-state index in [-0.39, 0.29) is 17.9 Å². The lowest BCUT2D eigenvalue weighted by molar-refractivity contribution is -0.133. The van der Waals surface area contributed by atoms with Crippen molar-refractivity contribution in [3.05, 3.63) is 29.8 Å². The van der Waals surface area contributed by atoms with Crippen LogP contribution >= 0.6 is 12.2 Å². The van der Waals surface area contributed by atoms with E-state index < -0.39 is 0 Å². The number of thiocarbonyl (C=S) groups is 1. The van der Waals surface area contributed by atoms with E-state index in [4.69, 9.17) is 22.7 Å². The molecule has 0 spiro atoms. The van der Waals surface area contributed by atoms with Crippen LogP contribution in [0.3, 0.4) is 0 Å². The highest BCUT2D eigenvalue weighted by molar-refractivity contribution is 7.80. The number of fused-ring (bicyclic) bond motifs is 1. The van der Waals surface area contributed by atoms with Gasteiger partial charge < -0.3 is 15.4 Å². The third kappa shape index (κ3) is 2.87. The number of carbonyl (C=O) groups excluding carboxylic acids is 1. The number of para-hydroxylation sites is 1. The van der Waals surface area contributed by atoms with Crippen LogP contribution in [0.4, 0.5) is 0 Å². The lowest BCUT2D eigenvalue weighted by atomic mass is 9.99. The Morgan fingerprint density at radius 1 is 1.53 bits per heavy atom. The minimum atomic E-state index is -0.257. The molecule has 102 valence electrons. The van der Waals surface area contributed by atoms with Crippen LogP contribution in [-0.2, 0) is 4.79 Å². The first-order valence-electron chi connectivity index (χ1n) is 6.31. The summed E-state index contributed by atoms with van der Waals surface area (Å²) >= 11 is 4.92. The van der Waals surface area contributed by atoms with Crippen molar-refractivity contribution in [2.45, 2.75) is 25.8 Å². The average Bonchev–Trinajstić information content (AvgIpc) is 2.78. The summed E-state index contributed by atoms with van der Waals surface area (Å²) < 4.78 is 5.56. The quantitative estimate of drug-likeness (QED) is 0.852. The molecule has 5 heteroatoms. The molecule has 1 aromatic rings. The van der Waals surface area contributed by atoms with Gasteiger partial charge in [-0.25, -0.2) is 0 Å². The van der Waals surface area contributed by atoms with Crippen molar-refractivity contribution in [1.29, 1.82) is 0 Å². The summed E-state index contributed by atoms with van der Waals surface area (Å²) in [7, 11) is 0. The molecule has 0 radical (unpaired) electrons. The smallest absolute Gasteiger partial charge is 0.234 e.